The van der Waals surface area contributed by atoms with Crippen LogP contribution in [0.15, 0.2) is 24.3 Å². The van der Waals surface area contributed by atoms with Crippen LogP contribution in [0.5, 0.6) is 40.2 Å². The Balaban J connectivity index is 1.37. The zero-order chi connectivity index (χ0) is 33.8. The molecule has 8 atom stereocenters. The highest BCUT2D eigenvalue weighted by atomic mass is 16.7. The Labute approximate surface area is 263 Å². The van der Waals surface area contributed by atoms with Gasteiger partial charge < -0.3 is 78.0 Å². The van der Waals surface area contributed by atoms with Gasteiger partial charge in [-0.25, -0.2) is 4.79 Å². The molecule has 0 bridgehead atoms. The van der Waals surface area contributed by atoms with E-state index in [1.165, 1.54) is 59.8 Å². The van der Waals surface area contributed by atoms with E-state index in [0.717, 1.165) is 0 Å². The van der Waals surface area contributed by atoms with Crippen LogP contribution in [0.1, 0.15) is 10.4 Å². The van der Waals surface area contributed by atoms with Crippen LogP contribution in [0.4, 0.5) is 0 Å². The van der Waals surface area contributed by atoms with Crippen LogP contribution >= 0.6 is 0 Å². The summed E-state index contributed by atoms with van der Waals surface area (Å²) in [5.41, 5.74) is -2.16. The molecule has 2 saturated heterocycles. The average Bonchev–Trinajstić information content (AvgIpc) is 3.35. The van der Waals surface area contributed by atoms with E-state index in [-0.39, 0.29) is 45.8 Å². The van der Waals surface area contributed by atoms with Gasteiger partial charge in [-0.05, 0) is 12.1 Å². The first-order valence-corrected chi connectivity index (χ1v) is 13.8. The van der Waals surface area contributed by atoms with Gasteiger partial charge in [0.2, 0.25) is 17.8 Å². The molecule has 4 rings (SSSR count). The molecule has 2 aliphatic heterocycles. The van der Waals surface area contributed by atoms with Gasteiger partial charge in [-0.15, -0.1) is 0 Å². The summed E-state index contributed by atoms with van der Waals surface area (Å²) in [7, 11) is 6.78. The number of esters is 1. The number of benzene rings is 2. The summed E-state index contributed by atoms with van der Waals surface area (Å²) in [5, 5.41) is 63.3. The van der Waals surface area contributed by atoms with Gasteiger partial charge in [0.15, 0.2) is 34.9 Å². The lowest BCUT2D eigenvalue weighted by molar-refractivity contribution is -0.289. The predicted octanol–water partition coefficient (Wildman–Crippen LogP) is -1.06. The van der Waals surface area contributed by atoms with Crippen molar-refractivity contribution in [3.05, 3.63) is 29.8 Å². The number of ether oxygens (including phenoxy) is 10. The predicted molar refractivity (Wildman–Crippen MR) is 152 cm³/mol. The molecule has 0 aliphatic carbocycles. The van der Waals surface area contributed by atoms with Gasteiger partial charge in [-0.2, -0.15) is 0 Å². The van der Waals surface area contributed by atoms with Gasteiger partial charge in [-0.3, -0.25) is 0 Å². The van der Waals surface area contributed by atoms with Gasteiger partial charge in [0.1, 0.15) is 42.9 Å². The first-order chi connectivity index (χ1) is 21.9. The molecule has 0 aromatic heterocycles. The molecular formula is C29H38O17. The zero-order valence-corrected chi connectivity index (χ0v) is 25.6. The second kappa shape index (κ2) is 14.7. The molecule has 17 heteroatoms. The Morgan fingerprint density at radius 1 is 0.826 bits per heavy atom. The van der Waals surface area contributed by atoms with Crippen molar-refractivity contribution in [2.45, 2.75) is 48.7 Å². The lowest BCUT2D eigenvalue weighted by Crippen LogP contribution is -2.60. The Morgan fingerprint density at radius 2 is 1.41 bits per heavy atom. The van der Waals surface area contributed by atoms with Crippen molar-refractivity contribution in [1.82, 2.24) is 0 Å². The fourth-order valence-corrected chi connectivity index (χ4v) is 4.81. The average molecular weight is 659 g/mol. The number of aliphatic hydroxyl groups excluding tert-OH is 4. The van der Waals surface area contributed by atoms with Crippen LogP contribution in [0.2, 0.25) is 0 Å². The van der Waals surface area contributed by atoms with Crippen molar-refractivity contribution in [2.24, 2.45) is 0 Å². The maximum absolute atomic E-state index is 12.7. The quantitative estimate of drug-likeness (QED) is 0.141. The monoisotopic (exact) mass is 658 g/mol. The SMILES string of the molecule is COc1cc(C(=O)OC[C@@]2(O)CO[C@@H](OC[C@H]3O[C@@H](Oc4cc(OC)c(OC)c(OC)c4)[C@H](O)[C@@H](O)[C@@H]3O)[C@H]2O)cc(OC)c1O. The molecule has 0 saturated carbocycles. The fourth-order valence-electron chi connectivity index (χ4n) is 4.81. The van der Waals surface area contributed by atoms with Crippen LogP contribution in [0.25, 0.3) is 0 Å². The molecule has 2 aromatic rings. The number of aliphatic hydroxyl groups is 5. The van der Waals surface area contributed by atoms with E-state index in [2.05, 4.69) is 0 Å². The molecule has 0 amide bonds. The van der Waals surface area contributed by atoms with Crippen molar-refractivity contribution in [3.8, 4) is 40.2 Å². The molecule has 0 unspecified atom stereocenters. The van der Waals surface area contributed by atoms with Gasteiger partial charge in [0.25, 0.3) is 0 Å². The molecule has 6 N–H and O–H groups in total. The smallest absolute Gasteiger partial charge is 0.338 e. The first kappa shape index (κ1) is 35.1. The number of carbonyl (C=O) groups excluding carboxylic acids is 1. The van der Waals surface area contributed by atoms with Crippen molar-refractivity contribution in [2.75, 3.05) is 55.4 Å². The highest BCUT2D eigenvalue weighted by Crippen LogP contribution is 2.42. The topological polar surface area (TPSA) is 231 Å². The summed E-state index contributed by atoms with van der Waals surface area (Å²) < 4.78 is 53.4. The van der Waals surface area contributed by atoms with Gasteiger partial charge in [-0.1, -0.05) is 0 Å². The van der Waals surface area contributed by atoms with E-state index in [4.69, 9.17) is 47.4 Å². The summed E-state index contributed by atoms with van der Waals surface area (Å²) in [4.78, 5) is 12.7. The van der Waals surface area contributed by atoms with Crippen molar-refractivity contribution >= 4 is 5.97 Å². The largest absolute Gasteiger partial charge is 0.502 e. The minimum absolute atomic E-state index is 0.0523. The van der Waals surface area contributed by atoms with E-state index in [1.54, 1.807) is 0 Å². The standard InChI is InChI=1S/C29H38O17/c1-37-15-6-13(7-16(38-2)20(15)30)26(35)43-11-29(36)12-44-28(25(29)34)42-10-19-21(31)22(32)23(33)27(46-19)45-14-8-17(39-3)24(41-5)18(9-14)40-4/h6-9,19,21-23,25,27-28,30-34,36H,10-12H2,1-5H3/t19-,21-,22+,23-,25-,27-,28-,29-/m1/s1. The second-order valence-electron chi connectivity index (χ2n) is 10.4. The highest BCUT2D eigenvalue weighted by molar-refractivity contribution is 5.91. The third kappa shape index (κ3) is 7.11. The maximum Gasteiger partial charge on any atom is 0.338 e. The lowest BCUT2D eigenvalue weighted by Gasteiger charge is -2.40. The highest BCUT2D eigenvalue weighted by Gasteiger charge is 2.51. The molecule has 0 radical (unpaired) electrons. The number of carbonyl (C=O) groups is 1. The lowest BCUT2D eigenvalue weighted by atomic mass is 9.99. The molecule has 2 heterocycles. The first-order valence-electron chi connectivity index (χ1n) is 13.8. The Kier molecular flexibility index (Phi) is 11.2. The zero-order valence-electron chi connectivity index (χ0n) is 25.6. The molecule has 256 valence electrons. The summed E-state index contributed by atoms with van der Waals surface area (Å²) >= 11 is 0. The summed E-state index contributed by atoms with van der Waals surface area (Å²) in [6.07, 6.45) is -11.1. The van der Waals surface area contributed by atoms with Crippen LogP contribution in [-0.4, -0.2) is 141 Å². The molecule has 46 heavy (non-hydrogen) atoms. The number of aromatic hydroxyl groups is 1. The van der Waals surface area contributed by atoms with Crippen molar-refractivity contribution < 1.29 is 82.8 Å². The van der Waals surface area contributed by atoms with Crippen molar-refractivity contribution in [3.63, 3.8) is 0 Å². The molecule has 0 spiro atoms. The Bertz CT molecular complexity index is 1300. The number of phenolic OH excluding ortho intramolecular Hbond substituents is 1. The van der Waals surface area contributed by atoms with Crippen LogP contribution in [-0.2, 0) is 18.9 Å². The van der Waals surface area contributed by atoms with Gasteiger partial charge in [0, 0.05) is 12.1 Å². The minimum Gasteiger partial charge on any atom is -0.502 e. The van der Waals surface area contributed by atoms with Gasteiger partial charge >= 0.3 is 5.97 Å². The Hall–Kier alpha value is -3.81. The third-order valence-corrected chi connectivity index (χ3v) is 7.46. The van der Waals surface area contributed by atoms with E-state index in [9.17, 15) is 35.4 Å². The molecule has 2 fully saturated rings. The fraction of sp³-hybridized carbons (Fsp3) is 0.552. The van der Waals surface area contributed by atoms with Crippen molar-refractivity contribution in [1.29, 1.82) is 0 Å². The third-order valence-electron chi connectivity index (χ3n) is 7.46. The summed E-state index contributed by atoms with van der Waals surface area (Å²) in [6, 6.07) is 5.28. The summed E-state index contributed by atoms with van der Waals surface area (Å²) in [6.45, 7) is -1.71. The van der Waals surface area contributed by atoms with Crippen LogP contribution in [0.3, 0.4) is 0 Å². The molecule has 2 aliphatic rings. The van der Waals surface area contributed by atoms with Crippen LogP contribution in [0, 0.1) is 0 Å². The maximum atomic E-state index is 12.7. The van der Waals surface area contributed by atoms with E-state index in [1.807, 2.05) is 0 Å². The molecular weight excluding hydrogens is 620 g/mol. The van der Waals surface area contributed by atoms with E-state index < -0.39 is 74.5 Å². The van der Waals surface area contributed by atoms with Gasteiger partial charge in [0.05, 0.1) is 54.3 Å². The number of hydrogen-bond acceptors (Lipinski definition) is 17. The Morgan fingerprint density at radius 3 is 1.96 bits per heavy atom. The molecule has 2 aromatic carbocycles. The minimum atomic E-state index is -2.09. The van der Waals surface area contributed by atoms with E-state index in [0.29, 0.717) is 0 Å². The summed E-state index contributed by atoms with van der Waals surface area (Å²) in [5.74, 6) is -0.465. The molecule has 17 nitrogen and oxygen atoms in total. The normalized spacial score (nSPS) is 29.1. The number of phenols is 1. The van der Waals surface area contributed by atoms with Crippen LogP contribution < -0.4 is 28.4 Å². The number of hydrogen-bond donors (Lipinski definition) is 6. The number of rotatable bonds is 13. The number of methoxy groups -OCH3 is 5. The van der Waals surface area contributed by atoms with E-state index >= 15 is 0 Å². The second-order valence-corrected chi connectivity index (χ2v) is 10.4.